The van der Waals surface area contributed by atoms with Gasteiger partial charge in [-0.1, -0.05) is 61.7 Å². The highest BCUT2D eigenvalue weighted by Crippen LogP contribution is 2.28. The number of hydrogen-bond donors (Lipinski definition) is 2. The van der Waals surface area contributed by atoms with Gasteiger partial charge in [0.15, 0.2) is 0 Å². The number of nitrogens with two attached hydrogens (primary N) is 1. The highest BCUT2D eigenvalue weighted by molar-refractivity contribution is 5.82. The second kappa shape index (κ2) is 6.38. The van der Waals surface area contributed by atoms with E-state index in [4.69, 9.17) is 5.84 Å². The van der Waals surface area contributed by atoms with Crippen LogP contribution in [0.5, 0.6) is 0 Å². The Labute approximate surface area is 121 Å². The topological polar surface area (TPSA) is 38.0 Å². The molecule has 3 N–H and O–H groups in total. The molecule has 2 aromatic rings. The van der Waals surface area contributed by atoms with E-state index in [0.29, 0.717) is 6.04 Å². The van der Waals surface area contributed by atoms with E-state index in [-0.39, 0.29) is 0 Å². The van der Waals surface area contributed by atoms with Gasteiger partial charge in [-0.05, 0) is 41.5 Å². The summed E-state index contributed by atoms with van der Waals surface area (Å²) >= 11 is 0. The molecular weight excluding hydrogens is 244 g/mol. The van der Waals surface area contributed by atoms with E-state index in [9.17, 15) is 0 Å². The predicted molar refractivity (Wildman–Crippen MR) is 85.3 cm³/mol. The van der Waals surface area contributed by atoms with Crippen LogP contribution in [0.15, 0.2) is 42.5 Å². The molecule has 1 aliphatic carbocycles. The van der Waals surface area contributed by atoms with Crippen molar-refractivity contribution >= 4 is 10.8 Å². The minimum atomic E-state index is 0.413. The van der Waals surface area contributed by atoms with Crippen molar-refractivity contribution in [3.8, 4) is 0 Å². The fraction of sp³-hybridized carbons (Fsp3) is 0.444. The molecule has 0 heterocycles. The summed E-state index contributed by atoms with van der Waals surface area (Å²) in [6.07, 6.45) is 7.79. The Morgan fingerprint density at radius 2 is 1.75 bits per heavy atom. The van der Waals surface area contributed by atoms with E-state index in [0.717, 1.165) is 12.3 Å². The van der Waals surface area contributed by atoms with Crippen LogP contribution >= 0.6 is 0 Å². The van der Waals surface area contributed by atoms with Crippen molar-refractivity contribution in [2.75, 3.05) is 0 Å². The standard InChI is InChI=1S/C18H24N2/c19-20-18(16-7-2-1-3-8-16)13-14-10-11-15-6-4-5-9-17(15)12-14/h4-6,9-12,16,18,20H,1-3,7-8,13,19H2. The molecule has 20 heavy (non-hydrogen) atoms. The summed E-state index contributed by atoms with van der Waals surface area (Å²) in [4.78, 5) is 0. The summed E-state index contributed by atoms with van der Waals surface area (Å²) in [5.41, 5.74) is 4.45. The maximum atomic E-state index is 5.81. The number of hydrazine groups is 1. The van der Waals surface area contributed by atoms with Gasteiger partial charge in [-0.25, -0.2) is 0 Å². The van der Waals surface area contributed by atoms with E-state index >= 15 is 0 Å². The Balaban J connectivity index is 1.76. The average molecular weight is 268 g/mol. The monoisotopic (exact) mass is 268 g/mol. The summed E-state index contributed by atoms with van der Waals surface area (Å²) in [5.74, 6) is 6.55. The Kier molecular flexibility index (Phi) is 4.34. The Bertz CT molecular complexity index is 558. The first-order chi connectivity index (χ1) is 9.86. The largest absolute Gasteiger partial charge is 0.271 e. The Morgan fingerprint density at radius 1 is 1.00 bits per heavy atom. The minimum absolute atomic E-state index is 0.413. The maximum absolute atomic E-state index is 5.81. The van der Waals surface area contributed by atoms with Crippen molar-refractivity contribution in [2.24, 2.45) is 11.8 Å². The second-order valence-electron chi connectivity index (χ2n) is 6.06. The van der Waals surface area contributed by atoms with Crippen molar-refractivity contribution in [3.63, 3.8) is 0 Å². The third-order valence-electron chi connectivity index (χ3n) is 4.70. The number of rotatable bonds is 4. The predicted octanol–water partition coefficient (Wildman–Crippen LogP) is 3.79. The molecule has 1 atom stereocenters. The quantitative estimate of drug-likeness (QED) is 0.654. The summed E-state index contributed by atoms with van der Waals surface area (Å²) in [5, 5.41) is 2.63. The Morgan fingerprint density at radius 3 is 2.50 bits per heavy atom. The van der Waals surface area contributed by atoms with Crippen LogP contribution in [0.2, 0.25) is 0 Å². The van der Waals surface area contributed by atoms with Gasteiger partial charge in [0.1, 0.15) is 0 Å². The molecule has 1 aliphatic rings. The van der Waals surface area contributed by atoms with Crippen molar-refractivity contribution in [1.29, 1.82) is 0 Å². The van der Waals surface area contributed by atoms with Gasteiger partial charge in [-0.2, -0.15) is 0 Å². The lowest BCUT2D eigenvalue weighted by Gasteiger charge is -2.30. The van der Waals surface area contributed by atoms with Crippen molar-refractivity contribution in [1.82, 2.24) is 5.43 Å². The van der Waals surface area contributed by atoms with Crippen LogP contribution in [0, 0.1) is 5.92 Å². The summed E-state index contributed by atoms with van der Waals surface area (Å²) in [7, 11) is 0. The molecule has 1 saturated carbocycles. The van der Waals surface area contributed by atoms with Crippen molar-refractivity contribution < 1.29 is 0 Å². The molecule has 3 rings (SSSR count). The van der Waals surface area contributed by atoms with Crippen LogP contribution in [0.3, 0.4) is 0 Å². The van der Waals surface area contributed by atoms with Gasteiger partial charge in [-0.15, -0.1) is 0 Å². The molecule has 0 radical (unpaired) electrons. The number of hydrogen-bond acceptors (Lipinski definition) is 2. The van der Waals surface area contributed by atoms with Crippen molar-refractivity contribution in [3.05, 3.63) is 48.0 Å². The highest BCUT2D eigenvalue weighted by Gasteiger charge is 2.22. The number of fused-ring (bicyclic) bond motifs is 1. The Hall–Kier alpha value is -1.38. The lowest BCUT2D eigenvalue weighted by molar-refractivity contribution is 0.268. The maximum Gasteiger partial charge on any atom is 0.0279 e. The van der Waals surface area contributed by atoms with Crippen LogP contribution < -0.4 is 11.3 Å². The molecule has 0 spiro atoms. The van der Waals surface area contributed by atoms with Gasteiger partial charge in [0.25, 0.3) is 0 Å². The second-order valence-corrected chi connectivity index (χ2v) is 6.06. The van der Waals surface area contributed by atoms with Gasteiger partial charge in [0.2, 0.25) is 0 Å². The molecule has 2 nitrogen and oxygen atoms in total. The molecule has 2 heteroatoms. The molecule has 0 bridgehead atoms. The van der Waals surface area contributed by atoms with Gasteiger partial charge < -0.3 is 0 Å². The van der Waals surface area contributed by atoms with E-state index in [1.165, 1.54) is 48.4 Å². The smallest absolute Gasteiger partial charge is 0.0279 e. The molecular formula is C18H24N2. The van der Waals surface area contributed by atoms with Crippen LogP contribution in [-0.2, 0) is 6.42 Å². The van der Waals surface area contributed by atoms with Crippen LogP contribution in [0.1, 0.15) is 37.7 Å². The number of benzene rings is 2. The third-order valence-corrected chi connectivity index (χ3v) is 4.70. The average Bonchev–Trinajstić information content (AvgIpc) is 2.53. The molecule has 0 amide bonds. The fourth-order valence-electron chi connectivity index (χ4n) is 3.52. The first-order valence-corrected chi connectivity index (χ1v) is 7.80. The molecule has 0 aromatic heterocycles. The zero-order chi connectivity index (χ0) is 13.8. The lowest BCUT2D eigenvalue weighted by Crippen LogP contribution is -2.43. The molecule has 1 unspecified atom stereocenters. The van der Waals surface area contributed by atoms with E-state index in [1.54, 1.807) is 0 Å². The third kappa shape index (κ3) is 3.02. The molecule has 2 aromatic carbocycles. The summed E-state index contributed by atoms with van der Waals surface area (Å²) < 4.78 is 0. The molecule has 0 saturated heterocycles. The van der Waals surface area contributed by atoms with E-state index in [1.807, 2.05) is 0 Å². The highest BCUT2D eigenvalue weighted by atomic mass is 15.2. The minimum Gasteiger partial charge on any atom is -0.271 e. The van der Waals surface area contributed by atoms with E-state index < -0.39 is 0 Å². The van der Waals surface area contributed by atoms with Gasteiger partial charge in [0, 0.05) is 6.04 Å². The van der Waals surface area contributed by atoms with Crippen LogP contribution in [0.4, 0.5) is 0 Å². The van der Waals surface area contributed by atoms with Gasteiger partial charge in [0.05, 0.1) is 0 Å². The zero-order valence-corrected chi connectivity index (χ0v) is 12.0. The molecule has 1 fully saturated rings. The summed E-state index contributed by atoms with van der Waals surface area (Å²) in [6, 6.07) is 15.7. The zero-order valence-electron chi connectivity index (χ0n) is 12.0. The van der Waals surface area contributed by atoms with Crippen molar-refractivity contribution in [2.45, 2.75) is 44.6 Å². The first kappa shape index (κ1) is 13.6. The lowest BCUT2D eigenvalue weighted by atomic mass is 9.82. The SMILES string of the molecule is NNC(Cc1ccc2ccccc2c1)C1CCCCC1. The van der Waals surface area contributed by atoms with Gasteiger partial charge >= 0.3 is 0 Å². The van der Waals surface area contributed by atoms with Crippen LogP contribution in [0.25, 0.3) is 10.8 Å². The van der Waals surface area contributed by atoms with Gasteiger partial charge in [-0.3, -0.25) is 11.3 Å². The van der Waals surface area contributed by atoms with E-state index in [2.05, 4.69) is 47.9 Å². The summed E-state index contributed by atoms with van der Waals surface area (Å²) in [6.45, 7) is 0. The molecule has 106 valence electrons. The molecule has 0 aliphatic heterocycles. The van der Waals surface area contributed by atoms with Crippen LogP contribution in [-0.4, -0.2) is 6.04 Å². The fourth-order valence-corrected chi connectivity index (χ4v) is 3.52. The first-order valence-electron chi connectivity index (χ1n) is 7.80. The number of nitrogens with one attached hydrogen (secondary N) is 1. The normalized spacial score (nSPS) is 18.2.